The highest BCUT2D eigenvalue weighted by Gasteiger charge is 2.62. The molecule has 33 heavy (non-hydrogen) atoms. The number of aromatic nitrogens is 2. The molecule has 2 fully saturated rings. The van der Waals surface area contributed by atoms with Gasteiger partial charge in [0.15, 0.2) is 11.0 Å². The summed E-state index contributed by atoms with van der Waals surface area (Å²) in [6, 6.07) is 1.43. The summed E-state index contributed by atoms with van der Waals surface area (Å²) >= 11 is 5.42. The molecule has 4 atom stereocenters. The van der Waals surface area contributed by atoms with E-state index in [4.69, 9.17) is 34.7 Å². The number of H-pyrrole nitrogens is 1. The molecule has 0 aliphatic carbocycles. The van der Waals surface area contributed by atoms with E-state index in [0.29, 0.717) is 6.61 Å². The van der Waals surface area contributed by atoms with Gasteiger partial charge in [-0.3, -0.25) is 14.3 Å². The summed E-state index contributed by atoms with van der Waals surface area (Å²) < 4.78 is 35.6. The minimum atomic E-state index is -2.79. The lowest BCUT2D eigenvalue weighted by molar-refractivity contribution is -0.0631. The fraction of sp³-hybridized carbons (Fsp3) is 0.818. The van der Waals surface area contributed by atoms with E-state index < -0.39 is 29.5 Å². The second kappa shape index (κ2) is 10.1. The average Bonchev–Trinajstić information content (AvgIpc) is 3.03. The van der Waals surface area contributed by atoms with Gasteiger partial charge >= 0.3 is 17.1 Å². The Morgan fingerprint density at radius 1 is 1.06 bits per heavy atom. The van der Waals surface area contributed by atoms with Gasteiger partial charge in [0, 0.05) is 19.4 Å². The molecule has 1 aromatic rings. The van der Waals surface area contributed by atoms with Gasteiger partial charge in [-0.15, -0.1) is 0 Å². The van der Waals surface area contributed by atoms with E-state index in [-0.39, 0.29) is 44.7 Å². The van der Waals surface area contributed by atoms with Gasteiger partial charge in [-0.2, -0.15) is 0 Å². The summed E-state index contributed by atoms with van der Waals surface area (Å²) in [6.45, 7) is 17.9. The van der Waals surface area contributed by atoms with Crippen LogP contribution in [0.25, 0.3) is 0 Å². The number of nitrogens with one attached hydrogen (secondary N) is 1. The zero-order chi connectivity index (χ0) is 24.7. The number of ether oxygens (including phenoxy) is 2. The zero-order valence-corrected chi connectivity index (χ0v) is 24.1. The fourth-order valence-electron chi connectivity index (χ4n) is 5.23. The van der Waals surface area contributed by atoms with Crippen molar-refractivity contribution in [2.75, 3.05) is 13.7 Å². The van der Waals surface area contributed by atoms with E-state index in [1.165, 1.54) is 6.07 Å². The van der Waals surface area contributed by atoms with E-state index in [1.807, 2.05) is 0 Å². The molecule has 2 aliphatic heterocycles. The minimum Gasteiger partial charge on any atom is -0.414 e. The maximum Gasteiger partial charge on any atom is 0.335 e. The molecule has 1 aromatic heterocycles. The van der Waals surface area contributed by atoms with Crippen molar-refractivity contribution >= 4 is 29.3 Å². The zero-order valence-electron chi connectivity index (χ0n) is 21.3. The number of nitrogens with zero attached hydrogens (tertiary/aromatic N) is 1. The third kappa shape index (κ3) is 4.75. The first-order valence-corrected chi connectivity index (χ1v) is 16.3. The lowest BCUT2D eigenvalue weighted by Gasteiger charge is -2.51. The van der Waals surface area contributed by atoms with E-state index in [1.54, 1.807) is 17.9 Å². The quantitative estimate of drug-likeness (QED) is 0.430. The fourth-order valence-corrected chi connectivity index (χ4v) is 16.7. The second-order valence-electron chi connectivity index (χ2n) is 10.3. The van der Waals surface area contributed by atoms with Gasteiger partial charge in [0.1, 0.15) is 18.3 Å². The number of fused-ring (bicyclic) bond motifs is 1. The molecule has 0 amide bonds. The maximum atomic E-state index is 11.7. The predicted octanol–water partition coefficient (Wildman–Crippen LogP) is 4.77. The van der Waals surface area contributed by atoms with Crippen LogP contribution in [0.4, 0.5) is 0 Å². The first-order chi connectivity index (χ1) is 15.4. The van der Waals surface area contributed by atoms with Gasteiger partial charge in [-0.1, -0.05) is 55.4 Å². The van der Waals surface area contributed by atoms with Crippen LogP contribution in [0, 0.1) is 4.77 Å². The molecule has 2 saturated heterocycles. The first kappa shape index (κ1) is 26.9. The van der Waals surface area contributed by atoms with Crippen molar-refractivity contribution in [3.8, 4) is 0 Å². The Labute approximate surface area is 204 Å². The van der Waals surface area contributed by atoms with E-state index in [2.05, 4.69) is 60.4 Å². The summed E-state index contributed by atoms with van der Waals surface area (Å²) in [7, 11) is -3.80. The molecule has 11 heteroatoms. The first-order valence-electron chi connectivity index (χ1n) is 11.9. The minimum absolute atomic E-state index is 0.205. The van der Waals surface area contributed by atoms with Crippen LogP contribution in [-0.4, -0.2) is 58.7 Å². The van der Waals surface area contributed by atoms with E-state index in [0.717, 1.165) is 0 Å². The molecule has 0 unspecified atom stereocenters. The smallest absolute Gasteiger partial charge is 0.335 e. The highest BCUT2D eigenvalue weighted by molar-refractivity contribution is 7.71. The second-order valence-corrected chi connectivity index (χ2v) is 19.6. The highest BCUT2D eigenvalue weighted by atomic mass is 32.1. The lowest BCUT2D eigenvalue weighted by atomic mass is 10.1. The van der Waals surface area contributed by atoms with Gasteiger partial charge in [-0.25, -0.2) is 0 Å². The SMILES string of the molecule is CO[C@@H]1[C@@H]2O[Si](C(C)C)(C(C)C)O[Si](C(C)C)(C(C)C)OC[C@H]2O[C@H]1n1ccc(=O)[nH]c1=S. The van der Waals surface area contributed by atoms with Crippen molar-refractivity contribution in [2.45, 2.75) is 102 Å². The molecule has 3 heterocycles. The highest BCUT2D eigenvalue weighted by Crippen LogP contribution is 2.48. The molecule has 0 radical (unpaired) electrons. The number of hydrogen-bond acceptors (Lipinski definition) is 7. The third-order valence-corrected chi connectivity index (χ3v) is 17.6. The molecule has 188 valence electrons. The summed E-state index contributed by atoms with van der Waals surface area (Å²) in [4.78, 5) is 14.4. The molecule has 1 N–H and O–H groups in total. The number of aromatic amines is 1. The van der Waals surface area contributed by atoms with Crippen molar-refractivity contribution in [3.63, 3.8) is 0 Å². The Morgan fingerprint density at radius 2 is 1.64 bits per heavy atom. The number of hydrogen-bond donors (Lipinski definition) is 1. The van der Waals surface area contributed by atoms with Crippen LogP contribution in [0.1, 0.15) is 61.6 Å². The third-order valence-electron chi connectivity index (χ3n) is 7.01. The molecular weight excluding hydrogens is 476 g/mol. The van der Waals surface area contributed by atoms with Crippen LogP contribution < -0.4 is 5.56 Å². The Bertz CT molecular complexity index is 918. The molecule has 0 bridgehead atoms. The molecule has 2 aliphatic rings. The van der Waals surface area contributed by atoms with Gasteiger partial charge in [0.2, 0.25) is 0 Å². The Morgan fingerprint density at radius 3 is 2.12 bits per heavy atom. The summed E-state index contributed by atoms with van der Waals surface area (Å²) in [5.74, 6) is 0. The van der Waals surface area contributed by atoms with Crippen LogP contribution in [0.2, 0.25) is 22.2 Å². The Kier molecular flexibility index (Phi) is 8.27. The maximum absolute atomic E-state index is 11.7. The van der Waals surface area contributed by atoms with E-state index >= 15 is 0 Å². The van der Waals surface area contributed by atoms with Gasteiger partial charge < -0.3 is 22.4 Å². The monoisotopic (exact) mass is 516 g/mol. The summed E-state index contributed by atoms with van der Waals surface area (Å²) in [6.07, 6.45) is -0.0544. The average molecular weight is 517 g/mol. The Hall–Kier alpha value is -0.666. The van der Waals surface area contributed by atoms with Crippen molar-refractivity contribution in [3.05, 3.63) is 27.4 Å². The van der Waals surface area contributed by atoms with Crippen molar-refractivity contribution < 1.29 is 22.4 Å². The van der Waals surface area contributed by atoms with Crippen LogP contribution in [0.15, 0.2) is 17.1 Å². The van der Waals surface area contributed by atoms with Crippen LogP contribution in [-0.2, 0) is 22.4 Å². The van der Waals surface area contributed by atoms with Gasteiger partial charge in [0.25, 0.3) is 5.56 Å². The van der Waals surface area contributed by atoms with Crippen molar-refractivity contribution in [1.29, 1.82) is 0 Å². The summed E-state index contributed by atoms with van der Waals surface area (Å²) in [5, 5.41) is 0. The topological polar surface area (TPSA) is 83.9 Å². The van der Waals surface area contributed by atoms with Crippen LogP contribution in [0.3, 0.4) is 0 Å². The molecule has 3 rings (SSSR count). The van der Waals surface area contributed by atoms with Crippen molar-refractivity contribution in [2.24, 2.45) is 0 Å². The van der Waals surface area contributed by atoms with Crippen molar-refractivity contribution in [1.82, 2.24) is 9.55 Å². The molecular formula is C22H40N2O6SSi2. The largest absolute Gasteiger partial charge is 0.414 e. The van der Waals surface area contributed by atoms with Gasteiger partial charge in [-0.05, 0) is 34.4 Å². The number of rotatable bonds is 6. The van der Waals surface area contributed by atoms with E-state index in [9.17, 15) is 4.79 Å². The number of methoxy groups -OCH3 is 1. The standard InChI is InChI=1S/C22H40N2O6SSi2/c1-13(2)32(14(3)4)27-12-17-19(29-33(30-32,15(5)6)16(7)8)20(26-9)21(28-17)24-11-10-18(25)23-22(24)31/h10-11,13-17,19-21H,12H2,1-9H3,(H,23,25,31)/t17-,19-,20-,21-/m1/s1. The lowest BCUT2D eigenvalue weighted by Crippen LogP contribution is -2.65. The molecule has 8 nitrogen and oxygen atoms in total. The molecule has 0 saturated carbocycles. The Balaban J connectivity index is 2.12. The normalized spacial score (nSPS) is 29.5. The molecule has 0 aromatic carbocycles. The predicted molar refractivity (Wildman–Crippen MR) is 134 cm³/mol. The van der Waals surface area contributed by atoms with Gasteiger partial charge in [0.05, 0.1) is 6.61 Å². The van der Waals surface area contributed by atoms with Crippen LogP contribution >= 0.6 is 12.2 Å². The van der Waals surface area contributed by atoms with Crippen LogP contribution in [0.5, 0.6) is 0 Å². The molecule has 0 spiro atoms. The summed E-state index contributed by atoms with van der Waals surface area (Å²) in [5.41, 5.74) is 0.667.